The van der Waals surface area contributed by atoms with Crippen molar-refractivity contribution in [3.63, 3.8) is 0 Å². The first-order valence-corrected chi connectivity index (χ1v) is 7.89. The summed E-state index contributed by atoms with van der Waals surface area (Å²) >= 11 is 0. The maximum Gasteiger partial charge on any atom is 0.272 e. The number of amides is 1. The van der Waals surface area contributed by atoms with E-state index in [0.717, 1.165) is 17.6 Å². The van der Waals surface area contributed by atoms with Crippen molar-refractivity contribution >= 4 is 24.0 Å². The fourth-order valence-electron chi connectivity index (χ4n) is 2.86. The van der Waals surface area contributed by atoms with Crippen LogP contribution in [0.4, 0.5) is 10.1 Å². The first kappa shape index (κ1) is 19.0. The molecule has 3 rings (SSSR count). The van der Waals surface area contributed by atoms with E-state index in [1.165, 1.54) is 6.07 Å². The number of pyridine rings is 1. The van der Waals surface area contributed by atoms with Crippen LogP contribution in [0.3, 0.4) is 0 Å². The average molecular weight is 366 g/mol. The molecule has 0 unspecified atom stereocenters. The lowest BCUT2D eigenvalue weighted by Gasteiger charge is -2.36. The predicted octanol–water partition coefficient (Wildman–Crippen LogP) is 2.92. The van der Waals surface area contributed by atoms with Crippen LogP contribution in [0.25, 0.3) is 0 Å². The van der Waals surface area contributed by atoms with E-state index in [1.54, 1.807) is 18.9 Å². The highest BCUT2D eigenvalue weighted by atomic mass is 35.5. The number of hydrogen-bond donors (Lipinski definition) is 0. The van der Waals surface area contributed by atoms with Crippen molar-refractivity contribution in [2.24, 2.45) is 0 Å². The van der Waals surface area contributed by atoms with Gasteiger partial charge in [0, 0.05) is 26.2 Å². The minimum absolute atomic E-state index is 0. The van der Waals surface area contributed by atoms with Crippen LogP contribution in [-0.2, 0) is 0 Å². The summed E-state index contributed by atoms with van der Waals surface area (Å²) in [7, 11) is 1.65. The largest absolute Gasteiger partial charge is 0.495 e. The monoisotopic (exact) mass is 365 g/mol. The number of halogens is 2. The summed E-state index contributed by atoms with van der Waals surface area (Å²) in [6, 6.07) is 9.36. The topological polar surface area (TPSA) is 45.7 Å². The van der Waals surface area contributed by atoms with Crippen LogP contribution in [0.2, 0.25) is 0 Å². The summed E-state index contributed by atoms with van der Waals surface area (Å²) in [4.78, 5) is 20.4. The van der Waals surface area contributed by atoms with Gasteiger partial charge in [-0.15, -0.1) is 12.4 Å². The second kappa shape index (κ2) is 8.16. The number of hydrogen-bond acceptors (Lipinski definition) is 4. The molecule has 1 aromatic carbocycles. The van der Waals surface area contributed by atoms with Gasteiger partial charge in [-0.3, -0.25) is 4.79 Å². The summed E-state index contributed by atoms with van der Waals surface area (Å²) in [5, 5.41) is 0. The number of methoxy groups -OCH3 is 1. The van der Waals surface area contributed by atoms with Gasteiger partial charge >= 0.3 is 0 Å². The molecule has 0 atom stereocenters. The Balaban J connectivity index is 0.00000225. The number of anilines is 1. The van der Waals surface area contributed by atoms with E-state index in [0.29, 0.717) is 37.4 Å². The Hall–Kier alpha value is -2.34. The minimum atomic E-state index is -0.396. The van der Waals surface area contributed by atoms with Gasteiger partial charge in [-0.25, -0.2) is 9.37 Å². The molecule has 2 heterocycles. The van der Waals surface area contributed by atoms with Crippen LogP contribution in [-0.4, -0.2) is 49.1 Å². The van der Waals surface area contributed by atoms with Gasteiger partial charge in [-0.05, 0) is 30.7 Å². The summed E-state index contributed by atoms with van der Waals surface area (Å²) in [6.07, 6.45) is 1.10. The summed E-state index contributed by atoms with van der Waals surface area (Å²) in [5.41, 5.74) is 1.75. The lowest BCUT2D eigenvalue weighted by Crippen LogP contribution is -2.49. The van der Waals surface area contributed by atoms with E-state index in [9.17, 15) is 9.18 Å². The Morgan fingerprint density at radius 2 is 1.88 bits per heavy atom. The Kier molecular flexibility index (Phi) is 6.20. The molecule has 25 heavy (non-hydrogen) atoms. The molecule has 7 heteroatoms. The second-order valence-corrected chi connectivity index (χ2v) is 5.77. The number of ether oxygens (including phenoxy) is 1. The van der Waals surface area contributed by atoms with Gasteiger partial charge in [-0.1, -0.05) is 12.1 Å². The smallest absolute Gasteiger partial charge is 0.272 e. The van der Waals surface area contributed by atoms with Gasteiger partial charge in [0.2, 0.25) is 0 Å². The fraction of sp³-hybridized carbons (Fsp3) is 0.333. The van der Waals surface area contributed by atoms with Crippen LogP contribution < -0.4 is 9.64 Å². The number of aromatic nitrogens is 1. The Morgan fingerprint density at radius 1 is 1.20 bits per heavy atom. The standard InChI is InChI=1S/C18H20FN3O2.ClH/c1-13-11-15(20-12-14(13)19)18(23)22-9-7-21(8-10-22)16-5-3-4-6-17(16)24-2;/h3-6,11-12H,7-10H2,1-2H3;1H. The molecule has 1 amide bonds. The van der Waals surface area contributed by atoms with E-state index >= 15 is 0 Å². The molecule has 0 N–H and O–H groups in total. The highest BCUT2D eigenvalue weighted by Crippen LogP contribution is 2.28. The molecule has 0 bridgehead atoms. The molecule has 134 valence electrons. The number of rotatable bonds is 3. The molecular formula is C18H21ClFN3O2. The Labute approximate surface area is 152 Å². The molecular weight excluding hydrogens is 345 g/mol. The van der Waals surface area contributed by atoms with Crippen molar-refractivity contribution in [1.29, 1.82) is 0 Å². The zero-order valence-electron chi connectivity index (χ0n) is 14.2. The molecule has 1 aromatic heterocycles. The molecule has 0 aliphatic carbocycles. The maximum absolute atomic E-state index is 13.3. The normalized spacial score (nSPS) is 14.0. The summed E-state index contributed by atoms with van der Waals surface area (Å²) in [6.45, 7) is 4.25. The van der Waals surface area contributed by atoms with Gasteiger partial charge in [0.25, 0.3) is 5.91 Å². The van der Waals surface area contributed by atoms with E-state index in [2.05, 4.69) is 9.88 Å². The molecule has 2 aromatic rings. The number of para-hydroxylation sites is 2. The molecule has 0 spiro atoms. The third kappa shape index (κ3) is 4.02. The molecule has 1 aliphatic rings. The highest BCUT2D eigenvalue weighted by Gasteiger charge is 2.24. The lowest BCUT2D eigenvalue weighted by atomic mass is 10.2. The summed E-state index contributed by atoms with van der Waals surface area (Å²) in [5.74, 6) is 0.276. The second-order valence-electron chi connectivity index (χ2n) is 5.77. The number of carbonyl (C=O) groups is 1. The quantitative estimate of drug-likeness (QED) is 0.839. The zero-order valence-corrected chi connectivity index (χ0v) is 15.1. The van der Waals surface area contributed by atoms with E-state index in [-0.39, 0.29) is 18.3 Å². The molecule has 5 nitrogen and oxygen atoms in total. The van der Waals surface area contributed by atoms with E-state index in [4.69, 9.17) is 4.74 Å². The van der Waals surface area contributed by atoms with Gasteiger partial charge in [0.05, 0.1) is 19.0 Å². The van der Waals surface area contributed by atoms with Crippen molar-refractivity contribution in [1.82, 2.24) is 9.88 Å². The lowest BCUT2D eigenvalue weighted by molar-refractivity contribution is 0.0740. The number of nitrogens with zero attached hydrogens (tertiary/aromatic N) is 3. The van der Waals surface area contributed by atoms with Gasteiger partial charge in [0.1, 0.15) is 17.3 Å². The van der Waals surface area contributed by atoms with Crippen molar-refractivity contribution in [2.45, 2.75) is 6.92 Å². The molecule has 0 saturated carbocycles. The first-order chi connectivity index (χ1) is 11.6. The Bertz CT molecular complexity index is 749. The average Bonchev–Trinajstić information content (AvgIpc) is 2.63. The van der Waals surface area contributed by atoms with Gasteiger partial charge < -0.3 is 14.5 Å². The van der Waals surface area contributed by atoms with E-state index in [1.807, 2.05) is 24.3 Å². The SMILES string of the molecule is COc1ccccc1N1CCN(C(=O)c2cc(C)c(F)cn2)CC1.Cl. The number of benzene rings is 1. The fourth-order valence-corrected chi connectivity index (χ4v) is 2.86. The molecule has 1 fully saturated rings. The molecule has 1 saturated heterocycles. The molecule has 0 radical (unpaired) electrons. The van der Waals surface area contributed by atoms with Crippen LogP contribution >= 0.6 is 12.4 Å². The third-order valence-electron chi connectivity index (χ3n) is 4.26. The van der Waals surface area contributed by atoms with Crippen molar-refractivity contribution in [3.8, 4) is 5.75 Å². The van der Waals surface area contributed by atoms with Crippen molar-refractivity contribution in [2.75, 3.05) is 38.2 Å². The molecule has 1 aliphatic heterocycles. The number of carbonyl (C=O) groups excluding carboxylic acids is 1. The van der Waals surface area contributed by atoms with Crippen LogP contribution in [0.5, 0.6) is 5.75 Å². The summed E-state index contributed by atoms with van der Waals surface area (Å²) < 4.78 is 18.7. The maximum atomic E-state index is 13.3. The first-order valence-electron chi connectivity index (χ1n) is 7.89. The van der Waals surface area contributed by atoms with Gasteiger partial charge in [-0.2, -0.15) is 0 Å². The predicted molar refractivity (Wildman–Crippen MR) is 97.3 cm³/mol. The van der Waals surface area contributed by atoms with Crippen molar-refractivity contribution < 1.29 is 13.9 Å². The van der Waals surface area contributed by atoms with E-state index < -0.39 is 5.82 Å². The number of aryl methyl sites for hydroxylation is 1. The minimum Gasteiger partial charge on any atom is -0.495 e. The van der Waals surface area contributed by atoms with Crippen LogP contribution in [0.1, 0.15) is 16.1 Å². The van der Waals surface area contributed by atoms with Crippen LogP contribution in [0.15, 0.2) is 36.5 Å². The Morgan fingerprint density at radius 3 is 2.52 bits per heavy atom. The van der Waals surface area contributed by atoms with Crippen molar-refractivity contribution in [3.05, 3.63) is 53.6 Å². The number of piperazine rings is 1. The zero-order chi connectivity index (χ0) is 17.1. The van der Waals surface area contributed by atoms with Crippen LogP contribution in [0, 0.1) is 12.7 Å². The highest BCUT2D eigenvalue weighted by molar-refractivity contribution is 5.92. The van der Waals surface area contributed by atoms with Gasteiger partial charge in [0.15, 0.2) is 0 Å². The third-order valence-corrected chi connectivity index (χ3v) is 4.26.